The fraction of sp³-hybridized carbons (Fsp3) is 0.786. The summed E-state index contributed by atoms with van der Waals surface area (Å²) in [4.78, 5) is 14.2. The number of amides is 1. The largest absolute Gasteiger partial charge is 0.336 e. The third kappa shape index (κ3) is 3.99. The maximum absolute atomic E-state index is 12.3. The fourth-order valence-electron chi connectivity index (χ4n) is 2.81. The Morgan fingerprint density at radius 1 is 1.28 bits per heavy atom. The quantitative estimate of drug-likeness (QED) is 0.782. The summed E-state index contributed by atoms with van der Waals surface area (Å²) >= 11 is 0. The molecule has 0 spiro atoms. The van der Waals surface area contributed by atoms with Crippen molar-refractivity contribution in [2.75, 3.05) is 6.54 Å². The maximum Gasteiger partial charge on any atom is 0.223 e. The Kier molecular flexibility index (Phi) is 6.16. The topological polar surface area (TPSA) is 46.3 Å². The van der Waals surface area contributed by atoms with Crippen molar-refractivity contribution in [1.82, 2.24) is 4.90 Å². The van der Waals surface area contributed by atoms with Crippen LogP contribution in [0.5, 0.6) is 0 Å². The van der Waals surface area contributed by atoms with Crippen LogP contribution in [0, 0.1) is 5.92 Å². The normalized spacial score (nSPS) is 27.2. The average molecular weight is 273 g/mol. The third-order valence-electron chi connectivity index (χ3n) is 4.04. The van der Waals surface area contributed by atoms with E-state index in [9.17, 15) is 4.79 Å². The molecule has 2 N–H and O–H groups in total. The minimum Gasteiger partial charge on any atom is -0.336 e. The molecule has 0 aliphatic heterocycles. The summed E-state index contributed by atoms with van der Waals surface area (Å²) in [6, 6.07) is 0.720. The van der Waals surface area contributed by atoms with Gasteiger partial charge in [0.25, 0.3) is 0 Å². The first-order valence-corrected chi connectivity index (χ1v) is 6.88. The van der Waals surface area contributed by atoms with Crippen molar-refractivity contribution in [1.29, 1.82) is 0 Å². The highest BCUT2D eigenvalue weighted by molar-refractivity contribution is 5.85. The van der Waals surface area contributed by atoms with E-state index in [-0.39, 0.29) is 24.4 Å². The number of halogens is 1. The predicted molar refractivity (Wildman–Crippen MR) is 76.7 cm³/mol. The van der Waals surface area contributed by atoms with Crippen molar-refractivity contribution in [2.24, 2.45) is 11.7 Å². The molecule has 2 atom stereocenters. The molecule has 0 saturated heterocycles. The molecule has 3 nitrogen and oxygen atoms in total. The van der Waals surface area contributed by atoms with Crippen LogP contribution in [0.2, 0.25) is 0 Å². The molecule has 2 aliphatic rings. The second-order valence-corrected chi connectivity index (χ2v) is 5.48. The van der Waals surface area contributed by atoms with Crippen LogP contribution >= 0.6 is 12.4 Å². The number of hydrogen-bond acceptors (Lipinski definition) is 2. The highest BCUT2D eigenvalue weighted by Gasteiger charge is 2.33. The van der Waals surface area contributed by atoms with Gasteiger partial charge in [0.2, 0.25) is 5.91 Å². The van der Waals surface area contributed by atoms with Gasteiger partial charge in [-0.15, -0.1) is 19.0 Å². The van der Waals surface area contributed by atoms with Gasteiger partial charge in [0, 0.05) is 25.0 Å². The SMILES string of the molecule is C=CCN(C(=O)CC1CCCCC1N)C1CC1.Cl. The lowest BCUT2D eigenvalue weighted by atomic mass is 9.82. The summed E-state index contributed by atoms with van der Waals surface area (Å²) in [5.41, 5.74) is 6.10. The van der Waals surface area contributed by atoms with Crippen LogP contribution < -0.4 is 5.73 Å². The molecule has 2 rings (SSSR count). The van der Waals surface area contributed by atoms with Crippen molar-refractivity contribution in [2.45, 2.75) is 57.0 Å². The zero-order valence-corrected chi connectivity index (χ0v) is 11.8. The standard InChI is InChI=1S/C14H24N2O.ClH/c1-2-9-16(12-7-8-12)14(17)10-11-5-3-4-6-13(11)15;/h2,11-13H,1,3-10,15H2;1H. The number of carbonyl (C=O) groups is 1. The van der Waals surface area contributed by atoms with Crippen LogP contribution in [0.3, 0.4) is 0 Å². The second-order valence-electron chi connectivity index (χ2n) is 5.48. The molecule has 0 aromatic carbocycles. The van der Waals surface area contributed by atoms with Crippen molar-refractivity contribution in [3.63, 3.8) is 0 Å². The molecule has 2 unspecified atom stereocenters. The molecule has 18 heavy (non-hydrogen) atoms. The molecule has 0 aromatic heterocycles. The molecule has 2 aliphatic carbocycles. The van der Waals surface area contributed by atoms with Gasteiger partial charge in [-0.05, 0) is 31.6 Å². The minimum atomic E-state index is 0. The molecule has 2 saturated carbocycles. The van der Waals surface area contributed by atoms with Gasteiger partial charge in [0.1, 0.15) is 0 Å². The van der Waals surface area contributed by atoms with Crippen molar-refractivity contribution < 1.29 is 4.79 Å². The molecule has 104 valence electrons. The minimum absolute atomic E-state index is 0. The first-order chi connectivity index (χ1) is 8.22. The number of nitrogens with zero attached hydrogens (tertiary/aromatic N) is 1. The number of rotatable bonds is 5. The van der Waals surface area contributed by atoms with E-state index in [0.29, 0.717) is 24.9 Å². The molecular formula is C14H25ClN2O. The van der Waals surface area contributed by atoms with Gasteiger partial charge in [-0.25, -0.2) is 0 Å². The number of carbonyl (C=O) groups excluding carboxylic acids is 1. The first kappa shape index (κ1) is 15.5. The Morgan fingerprint density at radius 3 is 2.50 bits per heavy atom. The molecule has 2 fully saturated rings. The third-order valence-corrected chi connectivity index (χ3v) is 4.04. The zero-order chi connectivity index (χ0) is 12.3. The van der Waals surface area contributed by atoms with E-state index in [1.54, 1.807) is 0 Å². The van der Waals surface area contributed by atoms with Crippen molar-refractivity contribution >= 4 is 18.3 Å². The molecule has 0 heterocycles. The highest BCUT2D eigenvalue weighted by Crippen LogP contribution is 2.30. The summed E-state index contributed by atoms with van der Waals surface area (Å²) in [7, 11) is 0. The average Bonchev–Trinajstić information content (AvgIpc) is 3.13. The lowest BCUT2D eigenvalue weighted by Gasteiger charge is -2.30. The van der Waals surface area contributed by atoms with Gasteiger partial charge in [0.15, 0.2) is 0 Å². The van der Waals surface area contributed by atoms with E-state index in [4.69, 9.17) is 5.73 Å². The van der Waals surface area contributed by atoms with Crippen LogP contribution in [-0.4, -0.2) is 29.4 Å². The van der Waals surface area contributed by atoms with Crippen LogP contribution in [0.25, 0.3) is 0 Å². The number of hydrogen-bond donors (Lipinski definition) is 1. The summed E-state index contributed by atoms with van der Waals surface area (Å²) < 4.78 is 0. The van der Waals surface area contributed by atoms with Crippen LogP contribution in [-0.2, 0) is 4.79 Å². The molecule has 0 bridgehead atoms. The van der Waals surface area contributed by atoms with Crippen LogP contribution in [0.15, 0.2) is 12.7 Å². The van der Waals surface area contributed by atoms with Gasteiger partial charge in [-0.3, -0.25) is 4.79 Å². The van der Waals surface area contributed by atoms with Crippen molar-refractivity contribution in [3.05, 3.63) is 12.7 Å². The van der Waals surface area contributed by atoms with E-state index in [2.05, 4.69) is 6.58 Å². The Balaban J connectivity index is 0.00000162. The number of nitrogens with two attached hydrogens (primary N) is 1. The molecule has 4 heteroatoms. The lowest BCUT2D eigenvalue weighted by molar-refractivity contribution is -0.132. The van der Waals surface area contributed by atoms with E-state index in [1.165, 1.54) is 12.8 Å². The summed E-state index contributed by atoms with van der Waals surface area (Å²) in [5, 5.41) is 0. The van der Waals surface area contributed by atoms with Crippen LogP contribution in [0.4, 0.5) is 0 Å². The van der Waals surface area contributed by atoms with E-state index in [1.807, 2.05) is 11.0 Å². The lowest BCUT2D eigenvalue weighted by Crippen LogP contribution is -2.39. The van der Waals surface area contributed by atoms with Gasteiger partial charge in [-0.2, -0.15) is 0 Å². The van der Waals surface area contributed by atoms with E-state index in [0.717, 1.165) is 25.7 Å². The smallest absolute Gasteiger partial charge is 0.223 e. The Hall–Kier alpha value is -0.540. The zero-order valence-electron chi connectivity index (χ0n) is 11.0. The summed E-state index contributed by atoms with van der Waals surface area (Å²) in [5.74, 6) is 0.692. The van der Waals surface area contributed by atoms with Crippen LogP contribution in [0.1, 0.15) is 44.9 Å². The van der Waals surface area contributed by atoms with E-state index >= 15 is 0 Å². The van der Waals surface area contributed by atoms with Gasteiger partial charge < -0.3 is 10.6 Å². The molecule has 1 amide bonds. The highest BCUT2D eigenvalue weighted by atomic mass is 35.5. The molecule has 0 radical (unpaired) electrons. The maximum atomic E-state index is 12.3. The van der Waals surface area contributed by atoms with Gasteiger partial charge in [0.05, 0.1) is 0 Å². The van der Waals surface area contributed by atoms with Gasteiger partial charge in [-0.1, -0.05) is 18.9 Å². The fourth-order valence-corrected chi connectivity index (χ4v) is 2.81. The summed E-state index contributed by atoms with van der Waals surface area (Å²) in [6.07, 6.45) is 9.47. The monoisotopic (exact) mass is 272 g/mol. The molecule has 0 aromatic rings. The second kappa shape index (κ2) is 7.15. The summed E-state index contributed by atoms with van der Waals surface area (Å²) in [6.45, 7) is 4.44. The van der Waals surface area contributed by atoms with Gasteiger partial charge >= 0.3 is 0 Å². The predicted octanol–water partition coefficient (Wildman–Crippen LogP) is 2.49. The first-order valence-electron chi connectivity index (χ1n) is 6.88. The Bertz CT molecular complexity index is 292. The Labute approximate surface area is 116 Å². The van der Waals surface area contributed by atoms with Crippen molar-refractivity contribution in [3.8, 4) is 0 Å². The molecular weight excluding hydrogens is 248 g/mol. The van der Waals surface area contributed by atoms with E-state index < -0.39 is 0 Å². The Morgan fingerprint density at radius 2 is 1.94 bits per heavy atom.